The molecule has 2 rings (SSSR count). The van der Waals surface area contributed by atoms with Crippen LogP contribution in [0, 0.1) is 5.92 Å². The highest BCUT2D eigenvalue weighted by atomic mass is 35.5. The van der Waals surface area contributed by atoms with Gasteiger partial charge in [-0.05, 0) is 36.1 Å². The normalized spacial score (nSPS) is 13.3. The van der Waals surface area contributed by atoms with Crippen LogP contribution < -0.4 is 4.72 Å². The van der Waals surface area contributed by atoms with Crippen molar-refractivity contribution in [3.8, 4) is 0 Å². The van der Waals surface area contributed by atoms with E-state index in [0.29, 0.717) is 17.4 Å². The summed E-state index contributed by atoms with van der Waals surface area (Å²) in [4.78, 5) is -0.00338. The van der Waals surface area contributed by atoms with E-state index in [9.17, 15) is 8.42 Å². The van der Waals surface area contributed by atoms with E-state index in [4.69, 9.17) is 23.2 Å². The lowest BCUT2D eigenvalue weighted by molar-refractivity contribution is 0.472. The molecule has 0 spiro atoms. The first-order valence-electron chi connectivity index (χ1n) is 7.32. The van der Waals surface area contributed by atoms with Gasteiger partial charge >= 0.3 is 0 Å². The number of nitrogens with one attached hydrogen (secondary N) is 1. The lowest BCUT2D eigenvalue weighted by atomic mass is 9.98. The van der Waals surface area contributed by atoms with Gasteiger partial charge in [-0.25, -0.2) is 13.1 Å². The van der Waals surface area contributed by atoms with Crippen LogP contribution in [0.2, 0.25) is 10.0 Å². The largest absolute Gasteiger partial charge is 0.242 e. The Labute approximate surface area is 147 Å². The molecule has 1 atom stereocenters. The smallest absolute Gasteiger partial charge is 0.207 e. The first kappa shape index (κ1) is 18.3. The van der Waals surface area contributed by atoms with Crippen LogP contribution in [0.15, 0.2) is 53.4 Å². The molecule has 2 aromatic rings. The second kappa shape index (κ2) is 7.67. The van der Waals surface area contributed by atoms with Crippen LogP contribution in [-0.4, -0.2) is 8.42 Å². The zero-order valence-corrected chi connectivity index (χ0v) is 15.3. The van der Waals surface area contributed by atoms with Gasteiger partial charge in [0.1, 0.15) is 4.90 Å². The Balaban J connectivity index is 2.36. The molecule has 0 bridgehead atoms. The molecular formula is C17H19Cl2NO2S. The molecule has 0 saturated carbocycles. The molecule has 6 heteroatoms. The Morgan fingerprint density at radius 1 is 1.04 bits per heavy atom. The molecule has 1 N–H and O–H groups in total. The number of hydrogen-bond donors (Lipinski definition) is 1. The Morgan fingerprint density at radius 2 is 1.70 bits per heavy atom. The summed E-state index contributed by atoms with van der Waals surface area (Å²) in [6, 6.07) is 13.6. The summed E-state index contributed by atoms with van der Waals surface area (Å²) in [5.41, 5.74) is 0.919. The van der Waals surface area contributed by atoms with Gasteiger partial charge in [-0.3, -0.25) is 0 Å². The third-order valence-electron chi connectivity index (χ3n) is 3.39. The van der Waals surface area contributed by atoms with Crippen LogP contribution in [0.1, 0.15) is 31.9 Å². The highest BCUT2D eigenvalue weighted by Gasteiger charge is 2.24. The lowest BCUT2D eigenvalue weighted by Gasteiger charge is -2.21. The van der Waals surface area contributed by atoms with Gasteiger partial charge in [-0.15, -0.1) is 0 Å². The van der Waals surface area contributed by atoms with Gasteiger partial charge in [0.25, 0.3) is 0 Å². The Morgan fingerprint density at radius 3 is 2.30 bits per heavy atom. The zero-order valence-electron chi connectivity index (χ0n) is 13.0. The number of benzene rings is 2. The number of halogens is 2. The van der Waals surface area contributed by atoms with Crippen LogP contribution in [0.3, 0.4) is 0 Å². The van der Waals surface area contributed by atoms with E-state index in [-0.39, 0.29) is 16.0 Å². The van der Waals surface area contributed by atoms with E-state index in [0.717, 1.165) is 5.56 Å². The maximum Gasteiger partial charge on any atom is 0.242 e. The minimum absolute atomic E-state index is 0.00338. The molecule has 0 saturated heterocycles. The summed E-state index contributed by atoms with van der Waals surface area (Å²) >= 11 is 11.9. The first-order chi connectivity index (χ1) is 10.8. The molecule has 0 fully saturated rings. The summed E-state index contributed by atoms with van der Waals surface area (Å²) < 4.78 is 28.2. The minimum atomic E-state index is -3.77. The fourth-order valence-corrected chi connectivity index (χ4v) is 4.34. The van der Waals surface area contributed by atoms with Gasteiger partial charge in [0.2, 0.25) is 10.0 Å². The van der Waals surface area contributed by atoms with E-state index in [1.165, 1.54) is 12.1 Å². The van der Waals surface area contributed by atoms with Crippen LogP contribution in [0.25, 0.3) is 0 Å². The Bertz CT molecular complexity index is 761. The molecule has 0 aromatic heterocycles. The van der Waals surface area contributed by atoms with Crippen LogP contribution in [0.4, 0.5) is 0 Å². The molecule has 0 unspecified atom stereocenters. The maximum atomic E-state index is 12.7. The molecule has 0 aliphatic carbocycles. The molecule has 23 heavy (non-hydrogen) atoms. The van der Waals surface area contributed by atoms with E-state index >= 15 is 0 Å². The third-order valence-corrected chi connectivity index (χ3v) is 5.58. The quantitative estimate of drug-likeness (QED) is 0.771. The van der Waals surface area contributed by atoms with Crippen molar-refractivity contribution in [3.63, 3.8) is 0 Å². The van der Waals surface area contributed by atoms with Crippen molar-refractivity contribution in [2.24, 2.45) is 5.92 Å². The van der Waals surface area contributed by atoms with Crippen molar-refractivity contribution >= 4 is 33.2 Å². The first-order valence-corrected chi connectivity index (χ1v) is 9.56. The Kier molecular flexibility index (Phi) is 6.09. The highest BCUT2D eigenvalue weighted by Crippen LogP contribution is 2.28. The van der Waals surface area contributed by atoms with Gasteiger partial charge in [-0.1, -0.05) is 67.4 Å². The van der Waals surface area contributed by atoms with Crippen molar-refractivity contribution in [3.05, 3.63) is 64.1 Å². The van der Waals surface area contributed by atoms with Gasteiger partial charge in [0.05, 0.1) is 5.02 Å². The zero-order chi connectivity index (χ0) is 17.0. The van der Waals surface area contributed by atoms with E-state index in [1.807, 2.05) is 30.3 Å². The van der Waals surface area contributed by atoms with Crippen molar-refractivity contribution in [1.82, 2.24) is 4.72 Å². The second-order valence-corrected chi connectivity index (χ2v) is 8.31. The van der Waals surface area contributed by atoms with Gasteiger partial charge in [-0.2, -0.15) is 0 Å². The van der Waals surface area contributed by atoms with Gasteiger partial charge in [0.15, 0.2) is 0 Å². The molecule has 0 heterocycles. The average Bonchev–Trinajstić information content (AvgIpc) is 2.49. The number of rotatable bonds is 6. The number of sulfonamides is 1. The van der Waals surface area contributed by atoms with Gasteiger partial charge < -0.3 is 0 Å². The van der Waals surface area contributed by atoms with Crippen LogP contribution in [-0.2, 0) is 10.0 Å². The van der Waals surface area contributed by atoms with E-state index < -0.39 is 10.0 Å². The fourth-order valence-electron chi connectivity index (χ4n) is 2.34. The van der Waals surface area contributed by atoms with Crippen molar-refractivity contribution < 1.29 is 8.42 Å². The molecule has 2 aromatic carbocycles. The average molecular weight is 372 g/mol. The predicted molar refractivity (Wildman–Crippen MR) is 95.4 cm³/mol. The molecular weight excluding hydrogens is 353 g/mol. The molecule has 124 valence electrons. The standard InChI is InChI=1S/C17H19Cl2NO2S/c1-12(2)10-16(13-6-4-3-5-7-13)20-23(21,22)17-11-14(18)8-9-15(17)19/h3-9,11-12,16,20H,10H2,1-2H3/t16-/m0/s1. The number of hydrogen-bond acceptors (Lipinski definition) is 2. The minimum Gasteiger partial charge on any atom is -0.207 e. The molecule has 0 aliphatic heterocycles. The molecule has 0 radical (unpaired) electrons. The third kappa shape index (κ3) is 4.95. The van der Waals surface area contributed by atoms with E-state index in [2.05, 4.69) is 18.6 Å². The van der Waals surface area contributed by atoms with E-state index in [1.54, 1.807) is 6.07 Å². The van der Waals surface area contributed by atoms with Crippen molar-refractivity contribution in [1.29, 1.82) is 0 Å². The fraction of sp³-hybridized carbons (Fsp3) is 0.294. The van der Waals surface area contributed by atoms with Crippen molar-refractivity contribution in [2.75, 3.05) is 0 Å². The summed E-state index contributed by atoms with van der Waals surface area (Å²) in [6.45, 7) is 4.10. The summed E-state index contributed by atoms with van der Waals surface area (Å²) in [7, 11) is -3.77. The SMILES string of the molecule is CC(C)C[C@H](NS(=O)(=O)c1cc(Cl)ccc1Cl)c1ccccc1. The topological polar surface area (TPSA) is 46.2 Å². The van der Waals surface area contributed by atoms with Crippen LogP contribution in [0.5, 0.6) is 0 Å². The monoisotopic (exact) mass is 371 g/mol. The molecule has 0 aliphatic rings. The predicted octanol–water partition coefficient (Wildman–Crippen LogP) is 5.06. The Hall–Kier alpha value is -1.07. The highest BCUT2D eigenvalue weighted by molar-refractivity contribution is 7.89. The molecule has 0 amide bonds. The summed E-state index contributed by atoms with van der Waals surface area (Å²) in [5, 5.41) is 0.480. The van der Waals surface area contributed by atoms with Crippen molar-refractivity contribution in [2.45, 2.75) is 31.2 Å². The lowest BCUT2D eigenvalue weighted by Crippen LogP contribution is -2.29. The molecule has 3 nitrogen and oxygen atoms in total. The van der Waals surface area contributed by atoms with Crippen LogP contribution >= 0.6 is 23.2 Å². The second-order valence-electron chi connectivity index (χ2n) is 5.79. The maximum absolute atomic E-state index is 12.7. The summed E-state index contributed by atoms with van der Waals surface area (Å²) in [5.74, 6) is 0.331. The van der Waals surface area contributed by atoms with Gasteiger partial charge in [0, 0.05) is 11.1 Å². The summed E-state index contributed by atoms with van der Waals surface area (Å²) in [6.07, 6.45) is 0.682.